The fourth-order valence-corrected chi connectivity index (χ4v) is 2.55. The van der Waals surface area contributed by atoms with Crippen LogP contribution in [0.15, 0.2) is 28.9 Å². The number of nitrogens with two attached hydrogens (primary N) is 1. The van der Waals surface area contributed by atoms with Gasteiger partial charge in [-0.25, -0.2) is 4.98 Å². The van der Waals surface area contributed by atoms with Crippen molar-refractivity contribution in [2.75, 3.05) is 23.7 Å². The summed E-state index contributed by atoms with van der Waals surface area (Å²) in [5.74, 6) is 0.992. The second kappa shape index (κ2) is 4.92. The van der Waals surface area contributed by atoms with Crippen LogP contribution in [0.3, 0.4) is 0 Å². The molecule has 0 saturated carbocycles. The van der Waals surface area contributed by atoms with Gasteiger partial charge >= 0.3 is 0 Å². The Hall–Kier alpha value is -1.29. The van der Waals surface area contributed by atoms with Crippen LogP contribution in [0.2, 0.25) is 0 Å². The van der Waals surface area contributed by atoms with Crippen molar-refractivity contribution < 1.29 is 0 Å². The van der Waals surface area contributed by atoms with Crippen LogP contribution >= 0.6 is 15.9 Å². The van der Waals surface area contributed by atoms with Crippen molar-refractivity contribution >= 4 is 38.2 Å². The molecule has 0 fully saturated rings. The molecule has 0 radical (unpaired) electrons. The predicted octanol–water partition coefficient (Wildman–Crippen LogP) is 3.43. The summed E-state index contributed by atoms with van der Waals surface area (Å²) < 4.78 is 1.04. The smallest absolute Gasteiger partial charge is 0.137 e. The lowest BCUT2D eigenvalue weighted by Gasteiger charge is -2.22. The van der Waals surface area contributed by atoms with Crippen molar-refractivity contribution in [1.29, 1.82) is 0 Å². The third kappa shape index (κ3) is 2.09. The van der Waals surface area contributed by atoms with Crippen LogP contribution in [0.5, 0.6) is 0 Å². The highest BCUT2D eigenvalue weighted by atomic mass is 79.9. The minimum absolute atomic E-state index is 0.791. The number of pyridine rings is 1. The number of aromatic nitrogens is 1. The zero-order chi connectivity index (χ0) is 12.4. The number of benzene rings is 1. The van der Waals surface area contributed by atoms with Crippen LogP contribution < -0.4 is 10.6 Å². The van der Waals surface area contributed by atoms with Crippen molar-refractivity contribution in [3.63, 3.8) is 0 Å². The van der Waals surface area contributed by atoms with E-state index in [-0.39, 0.29) is 0 Å². The van der Waals surface area contributed by atoms with E-state index in [1.165, 1.54) is 0 Å². The molecule has 90 valence electrons. The zero-order valence-electron chi connectivity index (χ0n) is 10.1. The quantitative estimate of drug-likeness (QED) is 0.882. The second-order valence-corrected chi connectivity index (χ2v) is 4.72. The van der Waals surface area contributed by atoms with E-state index in [0.29, 0.717) is 0 Å². The minimum atomic E-state index is 0.791. The van der Waals surface area contributed by atoms with E-state index >= 15 is 0 Å². The molecule has 1 aromatic carbocycles. The Morgan fingerprint density at radius 1 is 1.24 bits per heavy atom. The number of nitrogens with zero attached hydrogens (tertiary/aromatic N) is 2. The first-order valence-electron chi connectivity index (χ1n) is 5.76. The molecule has 0 amide bonds. The van der Waals surface area contributed by atoms with Gasteiger partial charge in [-0.05, 0) is 32.0 Å². The van der Waals surface area contributed by atoms with Crippen molar-refractivity contribution in [2.24, 2.45) is 0 Å². The summed E-state index contributed by atoms with van der Waals surface area (Å²) in [5.41, 5.74) is 6.80. The third-order valence-corrected chi connectivity index (χ3v) is 3.61. The molecule has 0 aliphatic heterocycles. The van der Waals surface area contributed by atoms with Crippen LogP contribution in [-0.4, -0.2) is 18.1 Å². The van der Waals surface area contributed by atoms with Crippen molar-refractivity contribution in [3.05, 3.63) is 28.9 Å². The molecule has 2 rings (SSSR count). The first-order chi connectivity index (χ1) is 8.19. The lowest BCUT2D eigenvalue weighted by Crippen LogP contribution is -2.23. The molecule has 0 spiro atoms. The molecule has 4 heteroatoms. The number of halogens is 1. The number of hydrogen-bond donors (Lipinski definition) is 1. The zero-order valence-corrected chi connectivity index (χ0v) is 11.7. The molecule has 0 aliphatic carbocycles. The maximum atomic E-state index is 6.01. The maximum Gasteiger partial charge on any atom is 0.137 e. The van der Waals surface area contributed by atoms with Crippen LogP contribution in [0.25, 0.3) is 10.8 Å². The Morgan fingerprint density at radius 2 is 1.94 bits per heavy atom. The molecule has 0 unspecified atom stereocenters. The Kier molecular flexibility index (Phi) is 3.52. The maximum absolute atomic E-state index is 6.01. The first kappa shape index (κ1) is 12.2. The molecule has 1 aromatic heterocycles. The van der Waals surface area contributed by atoms with Crippen molar-refractivity contribution in [1.82, 2.24) is 4.98 Å². The van der Waals surface area contributed by atoms with E-state index in [4.69, 9.17) is 5.73 Å². The molecule has 2 N–H and O–H groups in total. The van der Waals surface area contributed by atoms with E-state index < -0.39 is 0 Å². The minimum Gasteiger partial charge on any atom is -0.398 e. The van der Waals surface area contributed by atoms with E-state index in [2.05, 4.69) is 39.7 Å². The summed E-state index contributed by atoms with van der Waals surface area (Å²) in [7, 11) is 0. The fourth-order valence-electron chi connectivity index (χ4n) is 2.03. The molecule has 17 heavy (non-hydrogen) atoms. The highest BCUT2D eigenvalue weighted by Gasteiger charge is 2.12. The largest absolute Gasteiger partial charge is 0.398 e. The number of anilines is 2. The van der Waals surface area contributed by atoms with E-state index in [1.807, 2.05) is 24.4 Å². The highest BCUT2D eigenvalue weighted by Crippen LogP contribution is 2.34. The Balaban J connectivity index is 2.76. The first-order valence-corrected chi connectivity index (χ1v) is 6.56. The summed E-state index contributed by atoms with van der Waals surface area (Å²) in [6.07, 6.45) is 1.82. The van der Waals surface area contributed by atoms with Crippen LogP contribution in [-0.2, 0) is 0 Å². The van der Waals surface area contributed by atoms with E-state index in [9.17, 15) is 0 Å². The van der Waals surface area contributed by atoms with Crippen LogP contribution in [0, 0.1) is 0 Å². The molecule has 0 bridgehead atoms. The number of nitrogen functional groups attached to an aromatic ring is 1. The van der Waals surface area contributed by atoms with Gasteiger partial charge in [0.15, 0.2) is 0 Å². The van der Waals surface area contributed by atoms with Crippen LogP contribution in [0.4, 0.5) is 11.5 Å². The SMILES string of the molecule is CCN(CC)c1nccc2c(N)ccc(Br)c12. The average molecular weight is 294 g/mol. The van der Waals surface area contributed by atoms with Gasteiger partial charge in [-0.3, -0.25) is 0 Å². The summed E-state index contributed by atoms with van der Waals surface area (Å²) >= 11 is 3.59. The summed E-state index contributed by atoms with van der Waals surface area (Å²) in [5, 5.41) is 2.15. The van der Waals surface area contributed by atoms with E-state index in [1.54, 1.807) is 0 Å². The Labute approximate surface area is 110 Å². The molecular weight excluding hydrogens is 278 g/mol. The summed E-state index contributed by atoms with van der Waals surface area (Å²) in [4.78, 5) is 6.72. The van der Waals surface area contributed by atoms with Crippen molar-refractivity contribution in [2.45, 2.75) is 13.8 Å². The topological polar surface area (TPSA) is 42.2 Å². The van der Waals surface area contributed by atoms with Gasteiger partial charge in [-0.15, -0.1) is 0 Å². The van der Waals surface area contributed by atoms with Gasteiger partial charge in [0.25, 0.3) is 0 Å². The number of rotatable bonds is 3. The predicted molar refractivity (Wildman–Crippen MR) is 77.4 cm³/mol. The van der Waals surface area contributed by atoms with Gasteiger partial charge in [-0.1, -0.05) is 15.9 Å². The second-order valence-electron chi connectivity index (χ2n) is 3.87. The molecule has 0 saturated heterocycles. The standard InChI is InChI=1S/C13H16BrN3/c1-3-17(4-2)13-12-9(7-8-16-13)11(15)6-5-10(12)14/h5-8H,3-4,15H2,1-2H3. The fraction of sp³-hybridized carbons (Fsp3) is 0.308. The molecule has 0 atom stereocenters. The lowest BCUT2D eigenvalue weighted by molar-refractivity contribution is 0.851. The summed E-state index contributed by atoms with van der Waals surface area (Å²) in [6, 6.07) is 5.85. The Bertz CT molecular complexity index is 535. The Morgan fingerprint density at radius 3 is 2.59 bits per heavy atom. The monoisotopic (exact) mass is 293 g/mol. The van der Waals surface area contributed by atoms with Crippen LogP contribution in [0.1, 0.15) is 13.8 Å². The average Bonchev–Trinajstić information content (AvgIpc) is 2.35. The van der Waals surface area contributed by atoms with Gasteiger partial charge in [0.05, 0.1) is 0 Å². The van der Waals surface area contributed by atoms with Gasteiger partial charge in [0, 0.05) is 40.2 Å². The van der Waals surface area contributed by atoms with E-state index in [0.717, 1.165) is 39.8 Å². The van der Waals surface area contributed by atoms with Gasteiger partial charge in [0.2, 0.25) is 0 Å². The number of hydrogen-bond acceptors (Lipinski definition) is 3. The van der Waals surface area contributed by atoms with Gasteiger partial charge in [-0.2, -0.15) is 0 Å². The molecule has 3 nitrogen and oxygen atoms in total. The lowest BCUT2D eigenvalue weighted by atomic mass is 10.1. The number of fused-ring (bicyclic) bond motifs is 1. The third-order valence-electron chi connectivity index (χ3n) is 2.95. The molecular formula is C13H16BrN3. The van der Waals surface area contributed by atoms with Crippen molar-refractivity contribution in [3.8, 4) is 0 Å². The highest BCUT2D eigenvalue weighted by molar-refractivity contribution is 9.10. The molecule has 2 aromatic rings. The van der Waals surface area contributed by atoms with Gasteiger partial charge < -0.3 is 10.6 Å². The molecule has 1 heterocycles. The normalized spacial score (nSPS) is 10.8. The molecule has 0 aliphatic rings. The summed E-state index contributed by atoms with van der Waals surface area (Å²) in [6.45, 7) is 6.13. The van der Waals surface area contributed by atoms with Gasteiger partial charge in [0.1, 0.15) is 5.82 Å².